The Kier molecular flexibility index (Phi) is 11.4. The molecule has 1 aromatic carbocycles. The molecule has 0 fully saturated rings. The van der Waals surface area contributed by atoms with Crippen molar-refractivity contribution in [1.82, 2.24) is 15.6 Å². The monoisotopic (exact) mass is 504 g/mol. The number of aromatic nitrogens is 1. The lowest BCUT2D eigenvalue weighted by Crippen LogP contribution is -2.38. The zero-order valence-electron chi connectivity index (χ0n) is 17.1. The van der Waals surface area contributed by atoms with Crippen LogP contribution in [0.1, 0.15) is 39.2 Å². The Morgan fingerprint density at radius 3 is 2.75 bits per heavy atom. The minimum absolute atomic E-state index is 0. The lowest BCUT2D eigenvalue weighted by molar-refractivity contribution is 0.245. The second-order valence-electron chi connectivity index (χ2n) is 7.41. The summed E-state index contributed by atoms with van der Waals surface area (Å²) in [6.45, 7) is 8.84. The van der Waals surface area contributed by atoms with Crippen LogP contribution >= 0.6 is 24.0 Å². The van der Waals surface area contributed by atoms with E-state index >= 15 is 0 Å². The summed E-state index contributed by atoms with van der Waals surface area (Å²) in [6, 6.07) is 4.81. The second kappa shape index (κ2) is 13.0. The maximum atomic E-state index is 13.5. The van der Waals surface area contributed by atoms with Crippen LogP contribution in [-0.4, -0.2) is 42.3 Å². The zero-order chi connectivity index (χ0) is 19.6. The van der Waals surface area contributed by atoms with Crippen molar-refractivity contribution in [2.75, 3.05) is 26.2 Å². The van der Waals surface area contributed by atoms with Gasteiger partial charge >= 0.3 is 0 Å². The second-order valence-corrected chi connectivity index (χ2v) is 7.41. The molecular formula is C21H34FIN4O. The van der Waals surface area contributed by atoms with Gasteiger partial charge in [-0.1, -0.05) is 13.8 Å². The number of nitrogens with zero attached hydrogens (tertiary/aromatic N) is 1. The molecule has 1 aromatic heterocycles. The van der Waals surface area contributed by atoms with E-state index in [9.17, 15) is 9.50 Å². The third kappa shape index (κ3) is 7.95. The lowest BCUT2D eigenvalue weighted by atomic mass is 9.94. The van der Waals surface area contributed by atoms with Gasteiger partial charge in [-0.15, -0.1) is 24.0 Å². The molecule has 158 valence electrons. The topological polar surface area (TPSA) is 72.4 Å². The maximum absolute atomic E-state index is 13.5. The number of H-pyrrole nitrogens is 1. The Bertz CT molecular complexity index is 732. The summed E-state index contributed by atoms with van der Waals surface area (Å²) in [6.07, 6.45) is 4.56. The molecule has 0 saturated heterocycles. The largest absolute Gasteiger partial charge is 0.396 e. The van der Waals surface area contributed by atoms with Gasteiger partial charge in [-0.05, 0) is 61.8 Å². The van der Waals surface area contributed by atoms with Crippen LogP contribution in [0.3, 0.4) is 0 Å². The number of hydrogen-bond acceptors (Lipinski definition) is 2. The summed E-state index contributed by atoms with van der Waals surface area (Å²) in [5.41, 5.74) is 2.04. The van der Waals surface area contributed by atoms with Crippen molar-refractivity contribution in [2.24, 2.45) is 16.8 Å². The van der Waals surface area contributed by atoms with E-state index in [4.69, 9.17) is 4.99 Å². The van der Waals surface area contributed by atoms with E-state index in [1.54, 1.807) is 12.1 Å². The van der Waals surface area contributed by atoms with Gasteiger partial charge in [0, 0.05) is 43.3 Å². The fraction of sp³-hybridized carbons (Fsp3) is 0.571. The number of guanidine groups is 1. The van der Waals surface area contributed by atoms with Crippen LogP contribution in [0.15, 0.2) is 29.4 Å². The fourth-order valence-electron chi connectivity index (χ4n) is 3.37. The molecule has 0 aliphatic carbocycles. The number of aliphatic hydroxyl groups excluding tert-OH is 1. The average molecular weight is 504 g/mol. The van der Waals surface area contributed by atoms with Crippen molar-refractivity contribution in [3.05, 3.63) is 35.8 Å². The average Bonchev–Trinajstić information content (AvgIpc) is 3.01. The van der Waals surface area contributed by atoms with E-state index in [2.05, 4.69) is 29.5 Å². The molecule has 1 unspecified atom stereocenters. The van der Waals surface area contributed by atoms with Crippen LogP contribution in [0.4, 0.5) is 4.39 Å². The molecule has 0 aliphatic heterocycles. The predicted molar refractivity (Wildman–Crippen MR) is 126 cm³/mol. The predicted octanol–water partition coefficient (Wildman–Crippen LogP) is 4.07. The Hall–Kier alpha value is -1.35. The van der Waals surface area contributed by atoms with Gasteiger partial charge in [0.2, 0.25) is 0 Å². The molecule has 0 amide bonds. The molecule has 2 aromatic rings. The summed E-state index contributed by atoms with van der Waals surface area (Å²) in [7, 11) is 0. The van der Waals surface area contributed by atoms with Crippen LogP contribution in [0.2, 0.25) is 0 Å². The molecule has 5 nitrogen and oxygen atoms in total. The number of halogens is 2. The Morgan fingerprint density at radius 1 is 1.29 bits per heavy atom. The van der Waals surface area contributed by atoms with Crippen LogP contribution < -0.4 is 10.6 Å². The first kappa shape index (κ1) is 24.7. The highest BCUT2D eigenvalue weighted by Gasteiger charge is 2.11. The van der Waals surface area contributed by atoms with Gasteiger partial charge in [0.15, 0.2) is 5.96 Å². The van der Waals surface area contributed by atoms with E-state index < -0.39 is 0 Å². The third-order valence-corrected chi connectivity index (χ3v) is 4.61. The van der Waals surface area contributed by atoms with Crippen LogP contribution in [0.25, 0.3) is 10.9 Å². The fourth-order valence-corrected chi connectivity index (χ4v) is 3.37. The number of benzene rings is 1. The summed E-state index contributed by atoms with van der Waals surface area (Å²) in [5, 5.41) is 16.8. The summed E-state index contributed by atoms with van der Waals surface area (Å²) in [5.74, 6) is 1.55. The maximum Gasteiger partial charge on any atom is 0.191 e. The Morgan fingerprint density at radius 2 is 2.07 bits per heavy atom. The molecule has 1 heterocycles. The number of aromatic amines is 1. The standard InChI is InChI=1S/C21H33FN4O.HI/c1-4-23-21(26-13-16(8-10-27)11-15(2)3)24-9-7-17-14-25-20-6-5-18(22)12-19(17)20;/h5-6,12,14-16,25,27H,4,7-11,13H2,1-3H3,(H2,23,24,26);1H. The molecule has 0 bridgehead atoms. The quantitative estimate of drug-likeness (QED) is 0.224. The number of fused-ring (bicyclic) bond motifs is 1. The molecule has 1 atom stereocenters. The van der Waals surface area contributed by atoms with Crippen LogP contribution in [0, 0.1) is 17.7 Å². The van der Waals surface area contributed by atoms with Crippen molar-refractivity contribution < 1.29 is 9.50 Å². The van der Waals surface area contributed by atoms with E-state index in [1.165, 1.54) is 6.07 Å². The summed E-state index contributed by atoms with van der Waals surface area (Å²) >= 11 is 0. The van der Waals surface area contributed by atoms with Crippen molar-refractivity contribution >= 4 is 40.8 Å². The highest BCUT2D eigenvalue weighted by molar-refractivity contribution is 14.0. The molecule has 2 rings (SSSR count). The molecule has 4 N–H and O–H groups in total. The number of aliphatic hydroxyl groups is 1. The Balaban J connectivity index is 0.00000392. The molecule has 0 radical (unpaired) electrons. The normalized spacial score (nSPS) is 12.9. The molecule has 7 heteroatoms. The van der Waals surface area contributed by atoms with Gasteiger partial charge in [-0.3, -0.25) is 4.99 Å². The minimum atomic E-state index is -0.216. The van der Waals surface area contributed by atoms with E-state index in [0.29, 0.717) is 24.9 Å². The smallest absolute Gasteiger partial charge is 0.191 e. The van der Waals surface area contributed by atoms with Gasteiger partial charge in [-0.2, -0.15) is 0 Å². The highest BCUT2D eigenvalue weighted by Crippen LogP contribution is 2.19. The summed E-state index contributed by atoms with van der Waals surface area (Å²) < 4.78 is 13.5. The first-order valence-electron chi connectivity index (χ1n) is 9.92. The third-order valence-electron chi connectivity index (χ3n) is 4.61. The number of aliphatic imine (C=N–C) groups is 1. The zero-order valence-corrected chi connectivity index (χ0v) is 19.4. The SMILES string of the molecule is CCNC(=NCC(CCO)CC(C)C)NCCc1c[nH]c2ccc(F)cc12.I. The van der Waals surface area contributed by atoms with Gasteiger partial charge in [0.1, 0.15) is 5.82 Å². The summed E-state index contributed by atoms with van der Waals surface area (Å²) in [4.78, 5) is 7.88. The van der Waals surface area contributed by atoms with E-state index in [1.807, 2.05) is 13.1 Å². The number of nitrogens with one attached hydrogen (secondary N) is 3. The Labute approximate surface area is 184 Å². The van der Waals surface area contributed by atoms with Gasteiger partial charge in [0.25, 0.3) is 0 Å². The molecular weight excluding hydrogens is 470 g/mol. The molecule has 0 aliphatic rings. The number of rotatable bonds is 10. The first-order valence-corrected chi connectivity index (χ1v) is 9.92. The van der Waals surface area contributed by atoms with Gasteiger partial charge < -0.3 is 20.7 Å². The minimum Gasteiger partial charge on any atom is -0.396 e. The van der Waals surface area contributed by atoms with Crippen LogP contribution in [-0.2, 0) is 6.42 Å². The van der Waals surface area contributed by atoms with E-state index in [0.717, 1.165) is 48.2 Å². The van der Waals surface area contributed by atoms with Gasteiger partial charge in [-0.25, -0.2) is 4.39 Å². The number of hydrogen-bond donors (Lipinski definition) is 4. The van der Waals surface area contributed by atoms with Crippen molar-refractivity contribution in [1.29, 1.82) is 0 Å². The van der Waals surface area contributed by atoms with Crippen molar-refractivity contribution in [2.45, 2.75) is 40.0 Å². The molecule has 0 saturated carbocycles. The van der Waals surface area contributed by atoms with Gasteiger partial charge in [0.05, 0.1) is 0 Å². The highest BCUT2D eigenvalue weighted by atomic mass is 127. The lowest BCUT2D eigenvalue weighted by Gasteiger charge is -2.17. The van der Waals surface area contributed by atoms with E-state index in [-0.39, 0.29) is 36.4 Å². The van der Waals surface area contributed by atoms with Crippen molar-refractivity contribution in [3.8, 4) is 0 Å². The first-order chi connectivity index (χ1) is 13.0. The molecule has 0 spiro atoms. The van der Waals surface area contributed by atoms with Crippen LogP contribution in [0.5, 0.6) is 0 Å². The van der Waals surface area contributed by atoms with Crippen molar-refractivity contribution in [3.63, 3.8) is 0 Å². The molecule has 28 heavy (non-hydrogen) atoms.